The van der Waals surface area contributed by atoms with Crippen molar-refractivity contribution in [2.75, 3.05) is 13.1 Å². The predicted molar refractivity (Wildman–Crippen MR) is 91.3 cm³/mol. The Morgan fingerprint density at radius 3 is 2.14 bits per heavy atom. The molecule has 1 atom stereocenters. The molecule has 0 saturated carbocycles. The van der Waals surface area contributed by atoms with Gasteiger partial charge in [0.2, 0.25) is 0 Å². The first-order valence-corrected chi connectivity index (χ1v) is 7.74. The fourth-order valence-corrected chi connectivity index (χ4v) is 2.47. The molecule has 0 saturated heterocycles. The second-order valence-electron chi connectivity index (χ2n) is 7.37. The van der Waals surface area contributed by atoms with Crippen molar-refractivity contribution >= 4 is 6.09 Å². The quantitative estimate of drug-likeness (QED) is 0.896. The fourth-order valence-electron chi connectivity index (χ4n) is 2.47. The summed E-state index contributed by atoms with van der Waals surface area (Å²) in [4.78, 5) is 11.9. The van der Waals surface area contributed by atoms with Gasteiger partial charge in [-0.25, -0.2) is 4.79 Å². The number of ether oxygens (including phenoxy) is 1. The minimum absolute atomic E-state index is 0.320. The minimum atomic E-state index is -0.500. The summed E-state index contributed by atoms with van der Waals surface area (Å²) in [5, 5.41) is 2.85. The number of benzene rings is 1. The highest BCUT2D eigenvalue weighted by Crippen LogP contribution is 2.28. The third kappa shape index (κ3) is 4.73. The average molecular weight is 306 g/mol. The van der Waals surface area contributed by atoms with E-state index in [1.165, 1.54) is 22.3 Å². The van der Waals surface area contributed by atoms with Crippen molar-refractivity contribution < 1.29 is 9.53 Å². The van der Waals surface area contributed by atoms with Crippen molar-refractivity contribution in [1.29, 1.82) is 0 Å². The van der Waals surface area contributed by atoms with Gasteiger partial charge in [0.25, 0.3) is 0 Å². The van der Waals surface area contributed by atoms with E-state index in [1.807, 2.05) is 20.8 Å². The Labute approximate surface area is 134 Å². The fraction of sp³-hybridized carbons (Fsp3) is 0.611. The van der Waals surface area contributed by atoms with Gasteiger partial charge in [0.15, 0.2) is 0 Å². The molecule has 0 radical (unpaired) electrons. The molecule has 0 aliphatic heterocycles. The van der Waals surface area contributed by atoms with Crippen molar-refractivity contribution in [3.63, 3.8) is 0 Å². The van der Waals surface area contributed by atoms with E-state index in [-0.39, 0.29) is 5.41 Å². The summed E-state index contributed by atoms with van der Waals surface area (Å²) in [6.07, 6.45) is -0.409. The molecule has 0 spiro atoms. The lowest BCUT2D eigenvalue weighted by atomic mass is 9.78. The number of nitrogens with two attached hydrogens (primary N) is 1. The van der Waals surface area contributed by atoms with Crippen LogP contribution in [0.15, 0.2) is 12.1 Å². The molecule has 0 bridgehead atoms. The first-order chi connectivity index (χ1) is 9.98. The number of rotatable bonds is 4. The lowest BCUT2D eigenvalue weighted by Crippen LogP contribution is -2.45. The molecule has 1 amide bonds. The van der Waals surface area contributed by atoms with Crippen LogP contribution >= 0.6 is 0 Å². The number of alkyl carbamates (subject to hydrolysis) is 1. The maximum atomic E-state index is 11.9. The Morgan fingerprint density at radius 1 is 1.09 bits per heavy atom. The highest BCUT2D eigenvalue weighted by molar-refractivity contribution is 5.68. The monoisotopic (exact) mass is 306 g/mol. The molecule has 0 heterocycles. The van der Waals surface area contributed by atoms with Crippen LogP contribution < -0.4 is 11.1 Å². The van der Waals surface area contributed by atoms with Crippen molar-refractivity contribution in [3.8, 4) is 0 Å². The largest absolute Gasteiger partial charge is 0.444 e. The first-order valence-electron chi connectivity index (χ1n) is 7.74. The van der Waals surface area contributed by atoms with E-state index < -0.39 is 11.7 Å². The van der Waals surface area contributed by atoms with E-state index in [4.69, 9.17) is 10.5 Å². The molecule has 1 unspecified atom stereocenters. The second-order valence-corrected chi connectivity index (χ2v) is 7.37. The Kier molecular flexibility index (Phi) is 5.63. The molecule has 0 fully saturated rings. The van der Waals surface area contributed by atoms with Crippen LogP contribution in [0.25, 0.3) is 0 Å². The summed E-state index contributed by atoms with van der Waals surface area (Å²) in [7, 11) is 0. The molecule has 3 N–H and O–H groups in total. The van der Waals surface area contributed by atoms with Gasteiger partial charge in [0.1, 0.15) is 5.60 Å². The molecule has 0 aliphatic rings. The zero-order valence-electron chi connectivity index (χ0n) is 15.0. The molecule has 1 aromatic carbocycles. The summed E-state index contributed by atoms with van der Waals surface area (Å²) in [6, 6.07) is 4.35. The number of hydrogen-bond acceptors (Lipinski definition) is 3. The number of nitrogens with one attached hydrogen (secondary N) is 1. The molecular weight excluding hydrogens is 276 g/mol. The zero-order chi connectivity index (χ0) is 17.1. The highest BCUT2D eigenvalue weighted by Gasteiger charge is 2.28. The summed E-state index contributed by atoms with van der Waals surface area (Å²) < 4.78 is 5.30. The van der Waals surface area contributed by atoms with Crippen LogP contribution in [0.1, 0.15) is 49.9 Å². The summed E-state index contributed by atoms with van der Waals surface area (Å²) in [5.74, 6) is 0. The molecule has 1 rings (SSSR count). The third-order valence-electron chi connectivity index (χ3n) is 3.96. The van der Waals surface area contributed by atoms with E-state index in [2.05, 4.69) is 45.1 Å². The Bertz CT molecular complexity index is 547. The molecular formula is C18H30N2O2. The Balaban J connectivity index is 2.93. The molecule has 22 heavy (non-hydrogen) atoms. The predicted octanol–water partition coefficient (Wildman–Crippen LogP) is 3.35. The molecule has 1 aromatic rings. The smallest absolute Gasteiger partial charge is 0.407 e. The third-order valence-corrected chi connectivity index (χ3v) is 3.96. The van der Waals surface area contributed by atoms with Crippen LogP contribution in [0, 0.1) is 20.8 Å². The van der Waals surface area contributed by atoms with E-state index in [0.717, 1.165) is 0 Å². The molecule has 124 valence electrons. The number of carbonyl (C=O) groups excluding carboxylic acids is 1. The van der Waals surface area contributed by atoms with Crippen molar-refractivity contribution in [3.05, 3.63) is 34.4 Å². The van der Waals surface area contributed by atoms with Gasteiger partial charge in [0, 0.05) is 18.5 Å². The summed E-state index contributed by atoms with van der Waals surface area (Å²) >= 11 is 0. The van der Waals surface area contributed by atoms with E-state index >= 15 is 0 Å². The average Bonchev–Trinajstić information content (AvgIpc) is 2.38. The zero-order valence-corrected chi connectivity index (χ0v) is 15.0. The van der Waals surface area contributed by atoms with Gasteiger partial charge in [-0.3, -0.25) is 0 Å². The minimum Gasteiger partial charge on any atom is -0.444 e. The number of hydrogen-bond donors (Lipinski definition) is 2. The van der Waals surface area contributed by atoms with Crippen LogP contribution in [-0.2, 0) is 10.2 Å². The van der Waals surface area contributed by atoms with Gasteiger partial charge in [-0.15, -0.1) is 0 Å². The number of carbonyl (C=O) groups is 1. The Hall–Kier alpha value is -1.55. The lowest BCUT2D eigenvalue weighted by Gasteiger charge is -2.31. The van der Waals surface area contributed by atoms with Gasteiger partial charge >= 0.3 is 6.09 Å². The van der Waals surface area contributed by atoms with Gasteiger partial charge in [0.05, 0.1) is 0 Å². The SMILES string of the molecule is Cc1cc(C)c(C(C)(CN)CNC(=O)OC(C)(C)C)cc1C. The van der Waals surface area contributed by atoms with Crippen LogP contribution in [0.3, 0.4) is 0 Å². The maximum Gasteiger partial charge on any atom is 0.407 e. The van der Waals surface area contributed by atoms with Crippen molar-refractivity contribution in [2.45, 2.75) is 59.5 Å². The maximum absolute atomic E-state index is 11.9. The summed E-state index contributed by atoms with van der Waals surface area (Å²) in [6.45, 7) is 14.8. The molecule has 0 aliphatic carbocycles. The van der Waals surface area contributed by atoms with E-state index in [9.17, 15) is 4.79 Å². The highest BCUT2D eigenvalue weighted by atomic mass is 16.6. The molecule has 4 heteroatoms. The topological polar surface area (TPSA) is 64.3 Å². The van der Waals surface area contributed by atoms with Crippen LogP contribution in [0.5, 0.6) is 0 Å². The standard InChI is InChI=1S/C18H30N2O2/c1-12-8-14(3)15(9-13(12)2)18(7,10-19)11-20-16(21)22-17(4,5)6/h8-9H,10-11,19H2,1-7H3,(H,20,21). The Morgan fingerprint density at radius 2 is 1.64 bits per heavy atom. The van der Waals surface area contributed by atoms with E-state index in [1.54, 1.807) is 0 Å². The van der Waals surface area contributed by atoms with Crippen LogP contribution in [0.2, 0.25) is 0 Å². The van der Waals surface area contributed by atoms with Gasteiger partial charge in [-0.1, -0.05) is 19.1 Å². The normalized spacial score (nSPS) is 14.4. The number of amides is 1. The summed E-state index contributed by atoms with van der Waals surface area (Å²) in [5.41, 5.74) is 10.1. The van der Waals surface area contributed by atoms with Crippen LogP contribution in [-0.4, -0.2) is 24.8 Å². The van der Waals surface area contributed by atoms with Crippen molar-refractivity contribution in [2.24, 2.45) is 5.73 Å². The van der Waals surface area contributed by atoms with Gasteiger partial charge in [-0.05, 0) is 63.8 Å². The van der Waals surface area contributed by atoms with Gasteiger partial charge in [-0.2, -0.15) is 0 Å². The van der Waals surface area contributed by atoms with Gasteiger partial charge < -0.3 is 15.8 Å². The second kappa shape index (κ2) is 6.69. The lowest BCUT2D eigenvalue weighted by molar-refractivity contribution is 0.0516. The first kappa shape index (κ1) is 18.5. The van der Waals surface area contributed by atoms with Crippen molar-refractivity contribution in [1.82, 2.24) is 5.32 Å². The molecule has 0 aromatic heterocycles. The van der Waals surface area contributed by atoms with Crippen LogP contribution in [0.4, 0.5) is 4.79 Å². The molecule has 4 nitrogen and oxygen atoms in total. The number of aryl methyl sites for hydroxylation is 3. The van der Waals surface area contributed by atoms with E-state index in [0.29, 0.717) is 13.1 Å².